The first-order chi connectivity index (χ1) is 9.29. The molecule has 0 aliphatic heterocycles. The van der Waals surface area contributed by atoms with Crippen LogP contribution in [0.5, 0.6) is 0 Å². The molecule has 1 fully saturated rings. The van der Waals surface area contributed by atoms with Gasteiger partial charge < -0.3 is 10.2 Å². The molecular formula is C15H20N4. The lowest BCUT2D eigenvalue weighted by Crippen LogP contribution is -2.37. The van der Waals surface area contributed by atoms with Crippen molar-refractivity contribution in [1.82, 2.24) is 9.97 Å². The molecule has 1 aromatic carbocycles. The number of para-hydroxylation sites is 1. The van der Waals surface area contributed by atoms with Gasteiger partial charge in [-0.2, -0.15) is 4.98 Å². The Morgan fingerprint density at radius 3 is 2.74 bits per heavy atom. The third-order valence-corrected chi connectivity index (χ3v) is 3.87. The molecule has 100 valence electrons. The minimum atomic E-state index is 0.632. The standard InChI is InChI=1S/C15H20N4/c1-3-16-15-17-13-10-5-4-9-12(13)14(18-15)19(2)11-7-6-8-11/h4-5,9-11H,3,6-8H2,1-2H3,(H,16,17,18). The summed E-state index contributed by atoms with van der Waals surface area (Å²) in [5.41, 5.74) is 1.01. The first kappa shape index (κ1) is 12.2. The zero-order chi connectivity index (χ0) is 13.2. The van der Waals surface area contributed by atoms with E-state index >= 15 is 0 Å². The molecule has 1 aliphatic rings. The number of rotatable bonds is 4. The van der Waals surface area contributed by atoms with E-state index in [1.165, 1.54) is 19.3 Å². The molecule has 1 heterocycles. The molecule has 0 spiro atoms. The van der Waals surface area contributed by atoms with Crippen molar-refractivity contribution >= 4 is 22.7 Å². The van der Waals surface area contributed by atoms with Crippen LogP contribution in [-0.4, -0.2) is 29.6 Å². The number of nitrogens with one attached hydrogen (secondary N) is 1. The van der Waals surface area contributed by atoms with E-state index < -0.39 is 0 Å². The van der Waals surface area contributed by atoms with Crippen LogP contribution in [0.4, 0.5) is 11.8 Å². The molecule has 4 nitrogen and oxygen atoms in total. The summed E-state index contributed by atoms with van der Waals surface area (Å²) in [5, 5.41) is 4.36. The van der Waals surface area contributed by atoms with Gasteiger partial charge in [-0.05, 0) is 38.3 Å². The molecule has 0 saturated heterocycles. The molecular weight excluding hydrogens is 236 g/mol. The normalized spacial score (nSPS) is 15.3. The Hall–Kier alpha value is -1.84. The molecule has 1 saturated carbocycles. The van der Waals surface area contributed by atoms with Crippen LogP contribution >= 0.6 is 0 Å². The van der Waals surface area contributed by atoms with Crippen molar-refractivity contribution in [3.05, 3.63) is 24.3 Å². The van der Waals surface area contributed by atoms with Crippen LogP contribution in [-0.2, 0) is 0 Å². The summed E-state index contributed by atoms with van der Waals surface area (Å²) in [5.74, 6) is 1.77. The van der Waals surface area contributed by atoms with Crippen LogP contribution in [0.1, 0.15) is 26.2 Å². The van der Waals surface area contributed by atoms with Crippen molar-refractivity contribution in [1.29, 1.82) is 0 Å². The highest BCUT2D eigenvalue weighted by Gasteiger charge is 2.24. The Balaban J connectivity index is 2.08. The van der Waals surface area contributed by atoms with Crippen molar-refractivity contribution in [2.75, 3.05) is 23.8 Å². The maximum atomic E-state index is 4.70. The van der Waals surface area contributed by atoms with Crippen LogP contribution in [0, 0.1) is 0 Å². The van der Waals surface area contributed by atoms with E-state index in [1.807, 2.05) is 6.07 Å². The molecule has 2 aromatic rings. The second-order valence-electron chi connectivity index (χ2n) is 5.11. The summed E-state index contributed by atoms with van der Waals surface area (Å²) in [6.45, 7) is 2.90. The van der Waals surface area contributed by atoms with Crippen LogP contribution in [0.15, 0.2) is 24.3 Å². The molecule has 1 N–H and O–H groups in total. The molecule has 3 rings (SSSR count). The van der Waals surface area contributed by atoms with Crippen LogP contribution in [0.2, 0.25) is 0 Å². The van der Waals surface area contributed by atoms with Crippen molar-refractivity contribution < 1.29 is 0 Å². The van der Waals surface area contributed by atoms with E-state index in [2.05, 4.69) is 47.4 Å². The predicted octanol–water partition coefficient (Wildman–Crippen LogP) is 3.05. The summed E-state index contributed by atoms with van der Waals surface area (Å²) in [6, 6.07) is 8.87. The minimum absolute atomic E-state index is 0.632. The predicted molar refractivity (Wildman–Crippen MR) is 79.7 cm³/mol. The van der Waals surface area contributed by atoms with E-state index in [4.69, 9.17) is 4.98 Å². The van der Waals surface area contributed by atoms with Gasteiger partial charge in [0.15, 0.2) is 0 Å². The first-order valence-electron chi connectivity index (χ1n) is 7.03. The summed E-state index contributed by atoms with van der Waals surface area (Å²) >= 11 is 0. The van der Waals surface area contributed by atoms with Gasteiger partial charge in [-0.3, -0.25) is 0 Å². The highest BCUT2D eigenvalue weighted by Crippen LogP contribution is 2.31. The number of hydrogen-bond acceptors (Lipinski definition) is 4. The first-order valence-corrected chi connectivity index (χ1v) is 7.03. The fourth-order valence-electron chi connectivity index (χ4n) is 2.51. The summed E-state index contributed by atoms with van der Waals surface area (Å²) in [4.78, 5) is 11.6. The van der Waals surface area contributed by atoms with E-state index in [1.54, 1.807) is 0 Å². The highest BCUT2D eigenvalue weighted by molar-refractivity contribution is 5.90. The number of nitrogens with zero attached hydrogens (tertiary/aromatic N) is 3. The van der Waals surface area contributed by atoms with E-state index in [-0.39, 0.29) is 0 Å². The van der Waals surface area contributed by atoms with E-state index in [9.17, 15) is 0 Å². The van der Waals surface area contributed by atoms with Crippen molar-refractivity contribution in [2.24, 2.45) is 0 Å². The van der Waals surface area contributed by atoms with Gasteiger partial charge in [0, 0.05) is 25.0 Å². The smallest absolute Gasteiger partial charge is 0.225 e. The lowest BCUT2D eigenvalue weighted by molar-refractivity contribution is 0.400. The lowest BCUT2D eigenvalue weighted by Gasteiger charge is -2.36. The molecule has 0 bridgehead atoms. The van der Waals surface area contributed by atoms with Gasteiger partial charge >= 0.3 is 0 Å². The fourth-order valence-corrected chi connectivity index (χ4v) is 2.51. The summed E-state index contributed by atoms with van der Waals surface area (Å²) in [7, 11) is 2.15. The number of benzene rings is 1. The molecule has 19 heavy (non-hydrogen) atoms. The summed E-state index contributed by atoms with van der Waals surface area (Å²) in [6.07, 6.45) is 3.87. The Bertz CT molecular complexity index is 577. The van der Waals surface area contributed by atoms with Crippen LogP contribution in [0.3, 0.4) is 0 Å². The zero-order valence-electron chi connectivity index (χ0n) is 11.6. The van der Waals surface area contributed by atoms with Gasteiger partial charge in [0.25, 0.3) is 0 Å². The van der Waals surface area contributed by atoms with Crippen LogP contribution in [0.25, 0.3) is 10.9 Å². The maximum absolute atomic E-state index is 4.70. The molecule has 0 radical (unpaired) electrons. The second kappa shape index (κ2) is 5.03. The quantitative estimate of drug-likeness (QED) is 0.913. The van der Waals surface area contributed by atoms with E-state index in [0.717, 1.165) is 29.2 Å². The van der Waals surface area contributed by atoms with Gasteiger partial charge in [-0.15, -0.1) is 0 Å². The van der Waals surface area contributed by atoms with E-state index in [0.29, 0.717) is 6.04 Å². The molecule has 0 unspecified atom stereocenters. The van der Waals surface area contributed by atoms with Crippen molar-refractivity contribution in [3.8, 4) is 0 Å². The third kappa shape index (κ3) is 2.23. The number of aromatic nitrogens is 2. The molecule has 1 aromatic heterocycles. The fraction of sp³-hybridized carbons (Fsp3) is 0.467. The monoisotopic (exact) mass is 256 g/mol. The Labute approximate surface area is 113 Å². The molecule has 0 amide bonds. The van der Waals surface area contributed by atoms with Gasteiger partial charge in [0.2, 0.25) is 5.95 Å². The second-order valence-corrected chi connectivity index (χ2v) is 5.11. The average molecular weight is 256 g/mol. The van der Waals surface area contributed by atoms with Crippen molar-refractivity contribution in [2.45, 2.75) is 32.2 Å². The number of anilines is 2. The largest absolute Gasteiger partial charge is 0.356 e. The summed E-state index contributed by atoms with van der Waals surface area (Å²) < 4.78 is 0. The lowest BCUT2D eigenvalue weighted by atomic mass is 9.92. The Morgan fingerprint density at radius 1 is 1.26 bits per heavy atom. The highest BCUT2D eigenvalue weighted by atomic mass is 15.2. The SMILES string of the molecule is CCNc1nc(N(C)C2CCC2)c2ccccc2n1. The van der Waals surface area contributed by atoms with Crippen molar-refractivity contribution in [3.63, 3.8) is 0 Å². The number of fused-ring (bicyclic) bond motifs is 1. The van der Waals surface area contributed by atoms with Gasteiger partial charge in [-0.25, -0.2) is 4.98 Å². The molecule has 1 aliphatic carbocycles. The number of hydrogen-bond donors (Lipinski definition) is 1. The minimum Gasteiger partial charge on any atom is -0.356 e. The van der Waals surface area contributed by atoms with Gasteiger partial charge in [0.1, 0.15) is 5.82 Å². The Kier molecular flexibility index (Phi) is 3.23. The topological polar surface area (TPSA) is 41.1 Å². The Morgan fingerprint density at radius 2 is 2.05 bits per heavy atom. The maximum Gasteiger partial charge on any atom is 0.225 e. The van der Waals surface area contributed by atoms with Gasteiger partial charge in [-0.1, -0.05) is 12.1 Å². The average Bonchev–Trinajstić information content (AvgIpc) is 2.36. The molecule has 4 heteroatoms. The third-order valence-electron chi connectivity index (χ3n) is 3.87. The zero-order valence-corrected chi connectivity index (χ0v) is 11.6. The van der Waals surface area contributed by atoms with Gasteiger partial charge in [0.05, 0.1) is 5.52 Å². The van der Waals surface area contributed by atoms with Crippen LogP contribution < -0.4 is 10.2 Å². The molecule has 0 atom stereocenters.